The van der Waals surface area contributed by atoms with Gasteiger partial charge in [0.15, 0.2) is 0 Å². The summed E-state index contributed by atoms with van der Waals surface area (Å²) in [6.07, 6.45) is 0. The highest BCUT2D eigenvalue weighted by molar-refractivity contribution is 6.35. The first-order valence-corrected chi connectivity index (χ1v) is 5.50. The summed E-state index contributed by atoms with van der Waals surface area (Å²) in [6, 6.07) is 8.72. The molecule has 0 atom stereocenters. The number of rotatable bonds is 2. The second-order valence-corrected chi connectivity index (χ2v) is 4.18. The molecule has 18 heavy (non-hydrogen) atoms. The number of carboxylic acids is 1. The number of hydrogen-bond acceptors (Lipinski definition) is 3. The molecule has 1 aromatic carbocycles. The largest absolute Gasteiger partial charge is 0.475 e. The molecule has 5 nitrogen and oxygen atoms in total. The van der Waals surface area contributed by atoms with Gasteiger partial charge in [-0.1, -0.05) is 28.9 Å². The Labute approximate surface area is 106 Å². The molecular weight excluding hydrogens is 256 g/mol. The molecule has 3 aromatic rings. The molecule has 90 valence electrons. The third kappa shape index (κ3) is 1.65. The average Bonchev–Trinajstić information content (AvgIpc) is 2.95. The number of aromatic amines is 1. The van der Waals surface area contributed by atoms with E-state index in [4.69, 9.17) is 21.2 Å². The number of H-pyrrole nitrogens is 1. The summed E-state index contributed by atoms with van der Waals surface area (Å²) in [7, 11) is 0. The van der Waals surface area contributed by atoms with Gasteiger partial charge in [-0.25, -0.2) is 4.79 Å². The van der Waals surface area contributed by atoms with E-state index in [9.17, 15) is 4.79 Å². The lowest BCUT2D eigenvalue weighted by atomic mass is 10.2. The molecule has 0 unspecified atom stereocenters. The summed E-state index contributed by atoms with van der Waals surface area (Å²) in [5.41, 5.74) is 1.88. The van der Waals surface area contributed by atoms with E-state index in [1.54, 1.807) is 6.07 Å². The van der Waals surface area contributed by atoms with Crippen molar-refractivity contribution in [3.05, 3.63) is 41.1 Å². The lowest BCUT2D eigenvalue weighted by Gasteiger charge is -1.91. The Kier molecular flexibility index (Phi) is 2.34. The van der Waals surface area contributed by atoms with Crippen molar-refractivity contribution in [1.29, 1.82) is 0 Å². The smallest absolute Gasteiger partial charge is 0.374 e. The summed E-state index contributed by atoms with van der Waals surface area (Å²) in [6.45, 7) is 0. The lowest BCUT2D eigenvalue weighted by molar-refractivity contribution is 0.0652. The highest BCUT2D eigenvalue weighted by Gasteiger charge is 2.14. The fourth-order valence-electron chi connectivity index (χ4n) is 1.76. The Balaban J connectivity index is 2.13. The summed E-state index contributed by atoms with van der Waals surface area (Å²) >= 11 is 6.04. The molecule has 2 aromatic heterocycles. The maximum absolute atomic E-state index is 10.7. The predicted octanol–water partition coefficient (Wildman–Crippen LogP) is 3.17. The van der Waals surface area contributed by atoms with Crippen LogP contribution in [0.25, 0.3) is 22.3 Å². The summed E-state index contributed by atoms with van der Waals surface area (Å²) in [5, 5.41) is 14.0. The molecule has 0 aliphatic heterocycles. The Morgan fingerprint density at radius 1 is 1.39 bits per heavy atom. The minimum absolute atomic E-state index is 0.199. The molecule has 6 heteroatoms. The number of aromatic nitrogens is 2. The van der Waals surface area contributed by atoms with Gasteiger partial charge in [0.05, 0.1) is 16.2 Å². The van der Waals surface area contributed by atoms with Gasteiger partial charge in [0.2, 0.25) is 5.76 Å². The summed E-state index contributed by atoms with van der Waals surface area (Å²) < 4.78 is 4.70. The van der Waals surface area contributed by atoms with Gasteiger partial charge in [-0.05, 0) is 12.1 Å². The molecule has 0 aliphatic carbocycles. The van der Waals surface area contributed by atoms with Crippen molar-refractivity contribution in [1.82, 2.24) is 10.1 Å². The van der Waals surface area contributed by atoms with Crippen molar-refractivity contribution in [3.63, 3.8) is 0 Å². The van der Waals surface area contributed by atoms with E-state index in [0.29, 0.717) is 16.4 Å². The van der Waals surface area contributed by atoms with Crippen LogP contribution in [-0.4, -0.2) is 21.2 Å². The van der Waals surface area contributed by atoms with E-state index in [0.717, 1.165) is 10.9 Å². The fourth-order valence-corrected chi connectivity index (χ4v) is 1.99. The number of carbonyl (C=O) groups is 1. The van der Waals surface area contributed by atoms with Crippen molar-refractivity contribution >= 4 is 28.5 Å². The third-order valence-electron chi connectivity index (χ3n) is 2.60. The maximum atomic E-state index is 10.7. The normalized spacial score (nSPS) is 10.9. The Morgan fingerprint density at radius 2 is 2.22 bits per heavy atom. The minimum atomic E-state index is -1.15. The first-order valence-electron chi connectivity index (χ1n) is 5.13. The van der Waals surface area contributed by atoms with Gasteiger partial charge in [-0.2, -0.15) is 0 Å². The number of hydrogen-bond donors (Lipinski definition) is 2. The highest BCUT2D eigenvalue weighted by atomic mass is 35.5. The topological polar surface area (TPSA) is 79.1 Å². The standard InChI is InChI=1S/C12H7ClN2O3/c13-7-3-1-2-6-4-8(14-11(6)7)9-5-10(12(16)17)18-15-9/h1-5,14H,(H,16,17). The van der Waals surface area contributed by atoms with Gasteiger partial charge in [0, 0.05) is 11.5 Å². The zero-order valence-corrected chi connectivity index (χ0v) is 9.73. The van der Waals surface area contributed by atoms with Crippen LogP contribution in [0.2, 0.25) is 5.02 Å². The van der Waals surface area contributed by atoms with Gasteiger partial charge in [0.25, 0.3) is 0 Å². The van der Waals surface area contributed by atoms with Gasteiger partial charge >= 0.3 is 5.97 Å². The molecule has 0 aliphatic rings. The molecule has 3 rings (SSSR count). The van der Waals surface area contributed by atoms with Crippen LogP contribution in [0.5, 0.6) is 0 Å². The number of para-hydroxylation sites is 1. The third-order valence-corrected chi connectivity index (χ3v) is 2.92. The SMILES string of the molecule is O=C(O)c1cc(-c2cc3cccc(Cl)c3[nH]2)no1. The molecule has 0 radical (unpaired) electrons. The van der Waals surface area contributed by atoms with E-state index in [-0.39, 0.29) is 5.76 Å². The van der Waals surface area contributed by atoms with Crippen LogP contribution >= 0.6 is 11.6 Å². The van der Waals surface area contributed by atoms with Crippen LogP contribution in [0.15, 0.2) is 34.9 Å². The van der Waals surface area contributed by atoms with E-state index >= 15 is 0 Å². The molecule has 0 saturated heterocycles. The number of fused-ring (bicyclic) bond motifs is 1. The molecular formula is C12H7ClN2O3. The van der Waals surface area contributed by atoms with Gasteiger partial charge < -0.3 is 14.6 Å². The van der Waals surface area contributed by atoms with Crippen molar-refractivity contribution in [2.24, 2.45) is 0 Å². The second kappa shape index (κ2) is 3.89. The maximum Gasteiger partial charge on any atom is 0.374 e. The van der Waals surface area contributed by atoms with Crippen molar-refractivity contribution in [2.45, 2.75) is 0 Å². The lowest BCUT2D eigenvalue weighted by Crippen LogP contribution is -1.91. The Morgan fingerprint density at radius 3 is 2.89 bits per heavy atom. The van der Waals surface area contributed by atoms with Crippen LogP contribution in [-0.2, 0) is 0 Å². The van der Waals surface area contributed by atoms with Gasteiger partial charge in [0.1, 0.15) is 5.69 Å². The van der Waals surface area contributed by atoms with Crippen molar-refractivity contribution < 1.29 is 14.4 Å². The quantitative estimate of drug-likeness (QED) is 0.743. The number of aromatic carboxylic acids is 1. The number of nitrogens with one attached hydrogen (secondary N) is 1. The second-order valence-electron chi connectivity index (χ2n) is 3.77. The molecule has 2 heterocycles. The monoisotopic (exact) mass is 262 g/mol. The van der Waals surface area contributed by atoms with Gasteiger partial charge in [-0.3, -0.25) is 0 Å². The predicted molar refractivity (Wildman–Crippen MR) is 65.8 cm³/mol. The number of nitrogens with zero attached hydrogens (tertiary/aromatic N) is 1. The summed E-state index contributed by atoms with van der Waals surface area (Å²) in [5.74, 6) is -1.35. The van der Waals surface area contributed by atoms with Crippen LogP contribution in [0.4, 0.5) is 0 Å². The number of benzene rings is 1. The summed E-state index contributed by atoms with van der Waals surface area (Å²) in [4.78, 5) is 13.8. The molecule has 0 bridgehead atoms. The zero-order chi connectivity index (χ0) is 12.7. The highest BCUT2D eigenvalue weighted by Crippen LogP contribution is 2.28. The molecule has 0 spiro atoms. The van der Waals surface area contributed by atoms with E-state index in [1.165, 1.54) is 6.07 Å². The molecule has 0 fully saturated rings. The molecule has 0 amide bonds. The van der Waals surface area contributed by atoms with E-state index in [2.05, 4.69) is 10.1 Å². The van der Waals surface area contributed by atoms with Crippen LogP contribution < -0.4 is 0 Å². The van der Waals surface area contributed by atoms with Crippen molar-refractivity contribution in [2.75, 3.05) is 0 Å². The first-order chi connectivity index (χ1) is 8.65. The number of carboxylic acid groups (broad SMARTS) is 1. The Bertz CT molecular complexity index is 745. The van der Waals surface area contributed by atoms with E-state index < -0.39 is 5.97 Å². The molecule has 2 N–H and O–H groups in total. The van der Waals surface area contributed by atoms with Crippen LogP contribution in [0, 0.1) is 0 Å². The molecule has 0 saturated carbocycles. The Hall–Kier alpha value is -2.27. The van der Waals surface area contributed by atoms with Crippen LogP contribution in [0.1, 0.15) is 10.6 Å². The van der Waals surface area contributed by atoms with Crippen LogP contribution in [0.3, 0.4) is 0 Å². The minimum Gasteiger partial charge on any atom is -0.475 e. The zero-order valence-electron chi connectivity index (χ0n) is 8.98. The van der Waals surface area contributed by atoms with Gasteiger partial charge in [-0.15, -0.1) is 0 Å². The first kappa shape index (κ1) is 10.9. The van der Waals surface area contributed by atoms with E-state index in [1.807, 2.05) is 18.2 Å². The van der Waals surface area contributed by atoms with Crippen molar-refractivity contribution in [3.8, 4) is 11.4 Å². The average molecular weight is 263 g/mol. The number of halogens is 1. The fraction of sp³-hybridized carbons (Fsp3) is 0.